The molecule has 0 heterocycles. The van der Waals surface area contributed by atoms with E-state index in [1.165, 1.54) is 19.3 Å². The first kappa shape index (κ1) is 14.9. The van der Waals surface area contributed by atoms with E-state index >= 15 is 0 Å². The predicted octanol–water partition coefficient (Wildman–Crippen LogP) is 2.22. The molecule has 4 bridgehead atoms. The first-order valence-electron chi connectivity index (χ1n) is 8.54. The van der Waals surface area contributed by atoms with E-state index in [9.17, 15) is 9.59 Å². The van der Waals surface area contributed by atoms with Gasteiger partial charge in [-0.2, -0.15) is 0 Å². The number of carbonyl (C=O) groups excluding carboxylic acids is 2. The van der Waals surface area contributed by atoms with Crippen LogP contribution < -0.4 is 11.1 Å². The van der Waals surface area contributed by atoms with Gasteiger partial charge in [0.25, 0.3) is 0 Å². The van der Waals surface area contributed by atoms with Crippen LogP contribution in [0.1, 0.15) is 58.8 Å². The lowest BCUT2D eigenvalue weighted by atomic mass is 9.49. The number of nitrogens with one attached hydrogen (secondary N) is 1. The summed E-state index contributed by atoms with van der Waals surface area (Å²) in [6.07, 6.45) is 7.87. The topological polar surface area (TPSA) is 72.2 Å². The second-order valence-corrected chi connectivity index (χ2v) is 7.94. The van der Waals surface area contributed by atoms with Crippen LogP contribution in [0.2, 0.25) is 0 Å². The van der Waals surface area contributed by atoms with Gasteiger partial charge in [0.2, 0.25) is 11.8 Å². The molecule has 4 fully saturated rings. The van der Waals surface area contributed by atoms with E-state index in [4.69, 9.17) is 5.73 Å². The summed E-state index contributed by atoms with van der Waals surface area (Å²) in [5.41, 5.74) is 5.30. The quantitative estimate of drug-likeness (QED) is 0.815. The molecule has 4 heteroatoms. The molecule has 0 spiro atoms. The van der Waals surface area contributed by atoms with Gasteiger partial charge >= 0.3 is 0 Å². The third-order valence-electron chi connectivity index (χ3n) is 6.33. The molecule has 0 aliphatic heterocycles. The zero-order valence-electron chi connectivity index (χ0n) is 13.2. The van der Waals surface area contributed by atoms with Gasteiger partial charge in [-0.3, -0.25) is 9.59 Å². The molecule has 0 radical (unpaired) electrons. The van der Waals surface area contributed by atoms with Crippen molar-refractivity contribution >= 4 is 11.8 Å². The highest BCUT2D eigenvalue weighted by Gasteiger charge is 2.55. The SMILES string of the molecule is CC[C@@H](C)[C@H](NC(=O)C12CC3CC(CC(C3)C1)C2)C(N)=O. The normalized spacial score (nSPS) is 39.8. The summed E-state index contributed by atoms with van der Waals surface area (Å²) in [5, 5.41) is 3.01. The fraction of sp³-hybridized carbons (Fsp3) is 0.882. The third kappa shape index (κ3) is 2.58. The van der Waals surface area contributed by atoms with E-state index in [1.807, 2.05) is 13.8 Å². The number of nitrogens with two attached hydrogens (primary N) is 1. The van der Waals surface area contributed by atoms with Gasteiger partial charge in [-0.1, -0.05) is 20.3 Å². The zero-order valence-corrected chi connectivity index (χ0v) is 13.2. The van der Waals surface area contributed by atoms with Crippen molar-refractivity contribution in [1.29, 1.82) is 0 Å². The molecule has 0 saturated heterocycles. The van der Waals surface area contributed by atoms with Gasteiger partial charge < -0.3 is 11.1 Å². The predicted molar refractivity (Wildman–Crippen MR) is 81.2 cm³/mol. The van der Waals surface area contributed by atoms with Gasteiger partial charge in [-0.05, 0) is 62.2 Å². The Hall–Kier alpha value is -1.06. The van der Waals surface area contributed by atoms with Crippen LogP contribution in [0.15, 0.2) is 0 Å². The monoisotopic (exact) mass is 292 g/mol. The van der Waals surface area contributed by atoms with Crippen molar-refractivity contribution in [3.8, 4) is 0 Å². The lowest BCUT2D eigenvalue weighted by Gasteiger charge is -2.55. The minimum absolute atomic E-state index is 0.0976. The first-order valence-corrected chi connectivity index (χ1v) is 8.54. The van der Waals surface area contributed by atoms with Gasteiger partial charge in [-0.25, -0.2) is 0 Å². The third-order valence-corrected chi connectivity index (χ3v) is 6.33. The summed E-state index contributed by atoms with van der Waals surface area (Å²) in [4.78, 5) is 24.6. The first-order chi connectivity index (χ1) is 9.93. The molecular weight excluding hydrogens is 264 g/mol. The second-order valence-electron chi connectivity index (χ2n) is 7.94. The van der Waals surface area contributed by atoms with Crippen LogP contribution in [0.4, 0.5) is 0 Å². The molecule has 4 nitrogen and oxygen atoms in total. The van der Waals surface area contributed by atoms with Crippen molar-refractivity contribution in [2.24, 2.45) is 34.8 Å². The summed E-state index contributed by atoms with van der Waals surface area (Å²) in [7, 11) is 0. The Labute approximate surface area is 127 Å². The van der Waals surface area contributed by atoms with Crippen LogP contribution in [0.25, 0.3) is 0 Å². The van der Waals surface area contributed by atoms with E-state index in [-0.39, 0.29) is 17.2 Å². The molecule has 0 aromatic carbocycles. The largest absolute Gasteiger partial charge is 0.368 e. The molecule has 0 aromatic rings. The summed E-state index contributed by atoms with van der Waals surface area (Å²) < 4.78 is 0. The van der Waals surface area contributed by atoms with E-state index in [1.54, 1.807) is 0 Å². The zero-order chi connectivity index (χ0) is 15.2. The molecular formula is C17H28N2O2. The smallest absolute Gasteiger partial charge is 0.240 e. The van der Waals surface area contributed by atoms with Crippen LogP contribution in [0, 0.1) is 29.1 Å². The highest BCUT2D eigenvalue weighted by molar-refractivity contribution is 5.89. The molecule has 4 saturated carbocycles. The fourth-order valence-corrected chi connectivity index (χ4v) is 5.41. The molecule has 4 aliphatic carbocycles. The van der Waals surface area contributed by atoms with Gasteiger partial charge in [0, 0.05) is 5.41 Å². The molecule has 3 N–H and O–H groups in total. The lowest BCUT2D eigenvalue weighted by molar-refractivity contribution is -0.148. The maximum Gasteiger partial charge on any atom is 0.240 e. The van der Waals surface area contributed by atoms with Gasteiger partial charge in [0.15, 0.2) is 0 Å². The molecule has 4 rings (SSSR count). The number of amides is 2. The maximum atomic E-state index is 12.9. The number of carbonyl (C=O) groups is 2. The van der Waals surface area contributed by atoms with Crippen molar-refractivity contribution in [2.45, 2.75) is 64.8 Å². The minimum Gasteiger partial charge on any atom is -0.368 e. The van der Waals surface area contributed by atoms with Gasteiger partial charge in [0.05, 0.1) is 0 Å². The summed E-state index contributed by atoms with van der Waals surface area (Å²) in [6.45, 7) is 4.01. The molecule has 118 valence electrons. The van der Waals surface area contributed by atoms with Gasteiger partial charge in [0.1, 0.15) is 6.04 Å². The summed E-state index contributed by atoms with van der Waals surface area (Å²) >= 11 is 0. The van der Waals surface area contributed by atoms with Crippen molar-refractivity contribution in [3.63, 3.8) is 0 Å². The molecule has 2 amide bonds. The second kappa shape index (κ2) is 5.29. The van der Waals surface area contributed by atoms with Crippen molar-refractivity contribution in [2.75, 3.05) is 0 Å². The van der Waals surface area contributed by atoms with E-state index < -0.39 is 11.9 Å². The van der Waals surface area contributed by atoms with Crippen LogP contribution in [0.3, 0.4) is 0 Å². The highest BCUT2D eigenvalue weighted by atomic mass is 16.2. The Morgan fingerprint density at radius 1 is 1.14 bits per heavy atom. The minimum atomic E-state index is -0.518. The highest BCUT2D eigenvalue weighted by Crippen LogP contribution is 2.60. The number of hydrogen-bond donors (Lipinski definition) is 2. The molecule has 21 heavy (non-hydrogen) atoms. The summed E-state index contributed by atoms with van der Waals surface area (Å²) in [6, 6.07) is -0.518. The van der Waals surface area contributed by atoms with Crippen molar-refractivity contribution in [1.82, 2.24) is 5.32 Å². The van der Waals surface area contributed by atoms with Crippen molar-refractivity contribution in [3.05, 3.63) is 0 Å². The Morgan fingerprint density at radius 3 is 2.00 bits per heavy atom. The number of primary amides is 1. The Kier molecular flexibility index (Phi) is 3.74. The van der Waals surface area contributed by atoms with Crippen LogP contribution in [-0.2, 0) is 9.59 Å². The molecule has 2 atom stereocenters. The fourth-order valence-electron chi connectivity index (χ4n) is 5.41. The van der Waals surface area contributed by atoms with Crippen molar-refractivity contribution < 1.29 is 9.59 Å². The number of hydrogen-bond acceptors (Lipinski definition) is 2. The lowest BCUT2D eigenvalue weighted by Crippen LogP contribution is -2.58. The van der Waals surface area contributed by atoms with Gasteiger partial charge in [-0.15, -0.1) is 0 Å². The Bertz CT molecular complexity index is 411. The average Bonchev–Trinajstić information content (AvgIpc) is 2.41. The standard InChI is InChI=1S/C17H28N2O2/c1-3-10(2)14(15(18)20)19-16(21)17-7-11-4-12(8-17)6-13(5-11)9-17/h10-14H,3-9H2,1-2H3,(H2,18,20)(H,19,21)/t10-,11?,12?,13?,14+,17?/m1/s1. The van der Waals surface area contributed by atoms with Crippen LogP contribution >= 0.6 is 0 Å². The number of rotatable bonds is 5. The molecule has 4 aliphatic rings. The molecule has 0 unspecified atom stereocenters. The molecule has 0 aromatic heterocycles. The van der Waals surface area contributed by atoms with E-state index in [0.29, 0.717) is 0 Å². The van der Waals surface area contributed by atoms with Crippen LogP contribution in [-0.4, -0.2) is 17.9 Å². The Morgan fingerprint density at radius 2 is 1.62 bits per heavy atom. The maximum absolute atomic E-state index is 12.9. The average molecular weight is 292 g/mol. The van der Waals surface area contributed by atoms with E-state index in [0.717, 1.165) is 43.4 Å². The van der Waals surface area contributed by atoms with E-state index in [2.05, 4.69) is 5.32 Å². The Balaban J connectivity index is 1.74. The summed E-state index contributed by atoms with van der Waals surface area (Å²) in [5.74, 6) is 2.00. The van der Waals surface area contributed by atoms with Crippen LogP contribution in [0.5, 0.6) is 0 Å².